The van der Waals surface area contributed by atoms with Gasteiger partial charge in [0.1, 0.15) is 17.3 Å². The summed E-state index contributed by atoms with van der Waals surface area (Å²) in [6.45, 7) is 19.9. The number of hydrogen-bond donors (Lipinski definition) is 6. The molecule has 0 aromatic heterocycles. The van der Waals surface area contributed by atoms with E-state index in [1.807, 2.05) is 65.6 Å². The summed E-state index contributed by atoms with van der Waals surface area (Å²) >= 11 is 0. The maximum Gasteiger partial charge on any atom is 0.311 e. The molecular weight excluding hydrogens is 714 g/mol. The highest BCUT2D eigenvalue weighted by molar-refractivity contribution is 5.72. The van der Waals surface area contributed by atoms with Crippen LogP contribution in [0.2, 0.25) is 0 Å². The average molecular weight is 794 g/mol. The zero-order chi connectivity index (χ0) is 42.4. The highest BCUT2D eigenvalue weighted by atomic mass is 16.7. The SMILES string of the molecule is CCCOC(=O)C(C)C(OC1CC(C)(OC)[C@@](O)(CN)C(C)O1)C(C)C(OC1OC(C)CC(N(C)C)C1O)C(C)(O)CC(C)CN(C)C(C)C(O)C(C)(C)O. The van der Waals surface area contributed by atoms with Gasteiger partial charge in [0.05, 0.1) is 54.2 Å². The van der Waals surface area contributed by atoms with Crippen molar-refractivity contribution in [3.8, 4) is 0 Å². The first-order valence-electron chi connectivity index (χ1n) is 20.1. The van der Waals surface area contributed by atoms with Crippen LogP contribution in [0.3, 0.4) is 0 Å². The van der Waals surface area contributed by atoms with Gasteiger partial charge in [0.25, 0.3) is 0 Å². The number of nitrogens with two attached hydrogens (primary N) is 1. The van der Waals surface area contributed by atoms with Gasteiger partial charge in [-0.1, -0.05) is 20.8 Å². The zero-order valence-electron chi connectivity index (χ0n) is 36.5. The Labute approximate surface area is 331 Å². The second-order valence-corrected chi connectivity index (χ2v) is 18.0. The van der Waals surface area contributed by atoms with Gasteiger partial charge >= 0.3 is 5.97 Å². The molecule has 0 aromatic carbocycles. The molecule has 0 radical (unpaired) electrons. The van der Waals surface area contributed by atoms with Crippen LogP contribution in [0.25, 0.3) is 0 Å². The number of esters is 1. The number of nitrogens with zero attached hydrogens (tertiary/aromatic N) is 2. The van der Waals surface area contributed by atoms with Gasteiger partial charge in [-0.15, -0.1) is 0 Å². The number of methoxy groups -OCH3 is 1. The molecule has 2 heterocycles. The fourth-order valence-electron chi connectivity index (χ4n) is 8.56. The molecule has 0 amide bonds. The van der Waals surface area contributed by atoms with E-state index in [9.17, 15) is 30.3 Å². The normalized spacial score (nSPS) is 34.4. The van der Waals surface area contributed by atoms with E-state index >= 15 is 0 Å². The molecule has 2 aliphatic heterocycles. The summed E-state index contributed by atoms with van der Waals surface area (Å²) in [6.07, 6.45) is -5.81. The van der Waals surface area contributed by atoms with Crippen LogP contribution in [0.15, 0.2) is 0 Å². The van der Waals surface area contributed by atoms with Gasteiger partial charge in [0.15, 0.2) is 12.6 Å². The smallest absolute Gasteiger partial charge is 0.311 e. The van der Waals surface area contributed by atoms with Gasteiger partial charge in [-0.3, -0.25) is 4.79 Å². The molecule has 15 nitrogen and oxygen atoms in total. The lowest BCUT2D eigenvalue weighted by Crippen LogP contribution is -2.69. The molecule has 7 N–H and O–H groups in total. The molecule has 2 fully saturated rings. The van der Waals surface area contributed by atoms with Crippen LogP contribution in [0.5, 0.6) is 0 Å². The Kier molecular flexibility index (Phi) is 18.5. The molecule has 326 valence electrons. The maximum atomic E-state index is 13.6. The molecule has 2 aliphatic rings. The lowest BCUT2D eigenvalue weighted by molar-refractivity contribution is -0.335. The summed E-state index contributed by atoms with van der Waals surface area (Å²) in [4.78, 5) is 17.5. The first kappa shape index (κ1) is 50.1. The van der Waals surface area contributed by atoms with Crippen molar-refractivity contribution in [2.45, 2.75) is 186 Å². The number of carbonyl (C=O) groups excluding carboxylic acids is 1. The van der Waals surface area contributed by atoms with E-state index in [1.165, 1.54) is 7.11 Å². The molecule has 15 heteroatoms. The Morgan fingerprint density at radius 3 is 2.16 bits per heavy atom. The topological polar surface area (TPSA) is 206 Å². The van der Waals surface area contributed by atoms with Crippen LogP contribution in [-0.2, 0) is 33.2 Å². The number of carbonyl (C=O) groups is 1. The molecule has 15 unspecified atom stereocenters. The number of aliphatic hydroxyl groups excluding tert-OH is 2. The first-order chi connectivity index (χ1) is 25.2. The summed E-state index contributed by atoms with van der Waals surface area (Å²) in [6, 6.07) is -0.681. The predicted octanol–water partition coefficient (Wildman–Crippen LogP) is 1.87. The van der Waals surface area contributed by atoms with Crippen LogP contribution in [0.4, 0.5) is 0 Å². The Morgan fingerprint density at radius 1 is 1.05 bits per heavy atom. The quantitative estimate of drug-likeness (QED) is 0.0918. The Morgan fingerprint density at radius 2 is 1.65 bits per heavy atom. The monoisotopic (exact) mass is 794 g/mol. The Balaban J connectivity index is 2.62. The van der Waals surface area contributed by atoms with Crippen LogP contribution in [0, 0.1) is 17.8 Å². The van der Waals surface area contributed by atoms with Gasteiger partial charge in [-0.2, -0.15) is 0 Å². The number of ether oxygens (including phenoxy) is 6. The van der Waals surface area contributed by atoms with Gasteiger partial charge < -0.3 is 69.5 Å². The Hall–Kier alpha value is -1.05. The molecule has 0 spiro atoms. The standard InChI is InChI=1S/C40H79N3O12/c1-16-17-51-35(46)26(5)32(54-30-20-39(11,50-15)40(49,22-41)28(7)53-30)25(4)34(55-36-31(44)29(42(12)13)18-24(3)52-36)38(10,48)19-23(2)21-43(14)27(6)33(45)37(8,9)47/h23-34,36,44-45,47-49H,16-22,41H2,1-15H3/t23?,24?,25?,26?,27?,28?,29?,30?,31?,32?,33?,34?,36?,38?,39?,40-/m1/s1. The van der Waals surface area contributed by atoms with Crippen LogP contribution >= 0.6 is 0 Å². The highest BCUT2D eigenvalue weighted by Gasteiger charge is 2.57. The van der Waals surface area contributed by atoms with Crippen molar-refractivity contribution in [2.24, 2.45) is 23.5 Å². The lowest BCUT2D eigenvalue weighted by atomic mass is 9.75. The van der Waals surface area contributed by atoms with Gasteiger partial charge in [0, 0.05) is 44.6 Å². The third-order valence-corrected chi connectivity index (χ3v) is 12.3. The summed E-state index contributed by atoms with van der Waals surface area (Å²) in [5, 5.41) is 56.9. The minimum atomic E-state index is -1.59. The van der Waals surface area contributed by atoms with Crippen molar-refractivity contribution in [3.05, 3.63) is 0 Å². The van der Waals surface area contributed by atoms with Gasteiger partial charge in [-0.25, -0.2) is 0 Å². The predicted molar refractivity (Wildman–Crippen MR) is 209 cm³/mol. The van der Waals surface area contributed by atoms with E-state index in [1.54, 1.807) is 41.5 Å². The molecule has 2 rings (SSSR count). The largest absolute Gasteiger partial charge is 0.465 e. The second-order valence-electron chi connectivity index (χ2n) is 18.0. The molecular formula is C40H79N3O12. The van der Waals surface area contributed by atoms with Crippen LogP contribution in [0.1, 0.15) is 102 Å². The van der Waals surface area contributed by atoms with E-state index in [4.69, 9.17) is 34.2 Å². The van der Waals surface area contributed by atoms with E-state index in [-0.39, 0.29) is 44.1 Å². The van der Waals surface area contributed by atoms with Crippen LogP contribution < -0.4 is 5.73 Å². The van der Waals surface area contributed by atoms with Crippen molar-refractivity contribution in [3.63, 3.8) is 0 Å². The van der Waals surface area contributed by atoms with E-state index < -0.39 is 89.4 Å². The summed E-state index contributed by atoms with van der Waals surface area (Å²) < 4.78 is 37.4. The number of likely N-dealkylation sites (N-methyl/N-ethyl adjacent to an activating group) is 2. The maximum absolute atomic E-state index is 13.6. The fraction of sp³-hybridized carbons (Fsp3) is 0.975. The summed E-state index contributed by atoms with van der Waals surface area (Å²) in [7, 11) is 7.11. The Bertz CT molecular complexity index is 1170. The molecule has 0 saturated carbocycles. The average Bonchev–Trinajstić information content (AvgIpc) is 3.09. The number of hydrogen-bond acceptors (Lipinski definition) is 15. The molecule has 55 heavy (non-hydrogen) atoms. The summed E-state index contributed by atoms with van der Waals surface area (Å²) in [5.41, 5.74) is 0.438. The number of rotatable bonds is 21. The highest BCUT2D eigenvalue weighted by Crippen LogP contribution is 2.42. The molecule has 16 atom stereocenters. The lowest BCUT2D eigenvalue weighted by Gasteiger charge is -2.53. The fourth-order valence-corrected chi connectivity index (χ4v) is 8.56. The molecule has 0 aromatic rings. The summed E-state index contributed by atoms with van der Waals surface area (Å²) in [5.74, 6) is -2.28. The van der Waals surface area contributed by atoms with Gasteiger partial charge in [0.2, 0.25) is 0 Å². The molecule has 0 bridgehead atoms. The van der Waals surface area contributed by atoms with Crippen molar-refractivity contribution in [1.29, 1.82) is 0 Å². The van der Waals surface area contributed by atoms with Crippen molar-refractivity contribution >= 4 is 5.97 Å². The van der Waals surface area contributed by atoms with E-state index in [0.717, 1.165) is 0 Å². The third-order valence-electron chi connectivity index (χ3n) is 12.3. The van der Waals surface area contributed by atoms with E-state index in [2.05, 4.69) is 0 Å². The van der Waals surface area contributed by atoms with Crippen molar-refractivity contribution in [2.75, 3.05) is 47.9 Å². The number of aliphatic hydroxyl groups is 5. The van der Waals surface area contributed by atoms with Crippen molar-refractivity contribution in [1.82, 2.24) is 9.80 Å². The molecule has 2 saturated heterocycles. The van der Waals surface area contributed by atoms with Crippen molar-refractivity contribution < 1.29 is 58.7 Å². The minimum absolute atomic E-state index is 0.0773. The van der Waals surface area contributed by atoms with E-state index in [0.29, 0.717) is 19.4 Å². The minimum Gasteiger partial charge on any atom is -0.465 e. The molecule has 0 aliphatic carbocycles. The van der Waals surface area contributed by atoms with Gasteiger partial charge in [-0.05, 0) is 102 Å². The van der Waals surface area contributed by atoms with Crippen LogP contribution in [-0.4, -0.2) is 173 Å². The zero-order valence-corrected chi connectivity index (χ0v) is 36.5. The second kappa shape index (κ2) is 20.3. The first-order valence-corrected chi connectivity index (χ1v) is 20.1. The third kappa shape index (κ3) is 12.2.